The normalized spacial score (nSPS) is 11.0. The van der Waals surface area contributed by atoms with Crippen molar-refractivity contribution in [2.24, 2.45) is 11.8 Å². The molecule has 20 heavy (non-hydrogen) atoms. The zero-order valence-corrected chi connectivity index (χ0v) is 12.9. The van der Waals surface area contributed by atoms with Gasteiger partial charge in [0.05, 0.1) is 7.11 Å². The van der Waals surface area contributed by atoms with E-state index >= 15 is 0 Å². The van der Waals surface area contributed by atoms with E-state index < -0.39 is 0 Å². The van der Waals surface area contributed by atoms with Crippen LogP contribution in [0.2, 0.25) is 0 Å². The number of nitrogens with zero attached hydrogens (tertiary/aromatic N) is 5. The third kappa shape index (κ3) is 5.14. The van der Waals surface area contributed by atoms with E-state index in [1.807, 2.05) is 14.1 Å². The molecule has 0 aromatic carbocycles. The van der Waals surface area contributed by atoms with Crippen LogP contribution < -0.4 is 20.9 Å². The van der Waals surface area contributed by atoms with Gasteiger partial charge < -0.3 is 14.5 Å². The van der Waals surface area contributed by atoms with E-state index in [0.717, 1.165) is 19.6 Å². The third-order valence-electron chi connectivity index (χ3n) is 2.60. The molecule has 114 valence electrons. The lowest BCUT2D eigenvalue weighted by atomic mass is 10.2. The molecule has 3 N–H and O–H groups in total. The van der Waals surface area contributed by atoms with Crippen molar-refractivity contribution < 1.29 is 4.74 Å². The van der Waals surface area contributed by atoms with Gasteiger partial charge in [0, 0.05) is 19.6 Å². The van der Waals surface area contributed by atoms with E-state index in [2.05, 4.69) is 44.0 Å². The summed E-state index contributed by atoms with van der Waals surface area (Å²) < 4.78 is 5.08. The number of ether oxygens (including phenoxy) is 1. The Morgan fingerprint density at radius 2 is 1.90 bits per heavy atom. The van der Waals surface area contributed by atoms with Crippen LogP contribution in [0.5, 0.6) is 6.01 Å². The maximum atomic E-state index is 5.38. The zero-order valence-electron chi connectivity index (χ0n) is 12.9. The molecule has 0 aliphatic heterocycles. The first kappa shape index (κ1) is 16.4. The lowest BCUT2D eigenvalue weighted by Crippen LogP contribution is -2.36. The number of hydrogen-bond donors (Lipinski definition) is 2. The number of nitrogen functional groups attached to an aromatic ring is 1. The van der Waals surface area contributed by atoms with E-state index in [1.165, 1.54) is 7.11 Å². The highest BCUT2D eigenvalue weighted by Gasteiger charge is 2.15. The Morgan fingerprint density at radius 1 is 1.20 bits per heavy atom. The predicted octanol–water partition coefficient (Wildman–Crippen LogP) is 0.190. The summed E-state index contributed by atoms with van der Waals surface area (Å²) in [5.41, 5.74) is 2.44. The monoisotopic (exact) mass is 283 g/mol. The average Bonchev–Trinajstić information content (AvgIpc) is 2.42. The van der Waals surface area contributed by atoms with Crippen molar-refractivity contribution in [1.29, 1.82) is 0 Å². The van der Waals surface area contributed by atoms with E-state index in [-0.39, 0.29) is 6.01 Å². The standard InChI is InChI=1S/C12H25N7O/c1-9(2)8-19(7-6-18(3)4)11-14-10(17-13)15-12(16-11)20-5/h9H,6-8,13H2,1-5H3,(H,14,15,16,17). The van der Waals surface area contributed by atoms with Gasteiger partial charge in [-0.25, -0.2) is 5.84 Å². The molecular formula is C12H25N7O. The van der Waals surface area contributed by atoms with Crippen molar-refractivity contribution in [2.45, 2.75) is 13.8 Å². The molecule has 0 amide bonds. The highest BCUT2D eigenvalue weighted by atomic mass is 16.5. The second-order valence-electron chi connectivity index (χ2n) is 5.23. The summed E-state index contributed by atoms with van der Waals surface area (Å²) in [6.45, 7) is 6.89. The van der Waals surface area contributed by atoms with Crippen molar-refractivity contribution >= 4 is 11.9 Å². The van der Waals surface area contributed by atoms with Gasteiger partial charge in [0.15, 0.2) is 0 Å². The van der Waals surface area contributed by atoms with Crippen LogP contribution in [0, 0.1) is 5.92 Å². The van der Waals surface area contributed by atoms with E-state index in [9.17, 15) is 0 Å². The molecule has 8 nitrogen and oxygen atoms in total. The number of rotatable bonds is 8. The molecule has 0 bridgehead atoms. The first-order valence-corrected chi connectivity index (χ1v) is 6.62. The summed E-state index contributed by atoms with van der Waals surface area (Å²) in [6.07, 6.45) is 0. The van der Waals surface area contributed by atoms with Gasteiger partial charge in [-0.2, -0.15) is 15.0 Å². The Labute approximate surface area is 120 Å². The second-order valence-corrected chi connectivity index (χ2v) is 5.23. The smallest absolute Gasteiger partial charge is 0.322 e. The largest absolute Gasteiger partial charge is 0.467 e. The van der Waals surface area contributed by atoms with Gasteiger partial charge in [0.1, 0.15) is 0 Å². The predicted molar refractivity (Wildman–Crippen MR) is 79.8 cm³/mol. The first-order valence-electron chi connectivity index (χ1n) is 6.62. The summed E-state index contributed by atoms with van der Waals surface area (Å²) in [4.78, 5) is 16.8. The molecule has 0 radical (unpaired) electrons. The summed E-state index contributed by atoms with van der Waals surface area (Å²) in [6, 6.07) is 0.251. The van der Waals surface area contributed by atoms with Gasteiger partial charge in [0.2, 0.25) is 11.9 Å². The first-order chi connectivity index (χ1) is 9.46. The fraction of sp³-hybridized carbons (Fsp3) is 0.750. The summed E-state index contributed by atoms with van der Waals surface area (Å²) in [7, 11) is 5.59. The van der Waals surface area contributed by atoms with Crippen LogP contribution >= 0.6 is 0 Å². The summed E-state index contributed by atoms with van der Waals surface area (Å²) in [5, 5.41) is 0. The number of anilines is 2. The maximum Gasteiger partial charge on any atom is 0.322 e. The third-order valence-corrected chi connectivity index (χ3v) is 2.60. The molecule has 1 heterocycles. The number of nitrogens with two attached hydrogens (primary N) is 1. The highest BCUT2D eigenvalue weighted by Crippen LogP contribution is 2.15. The number of nitrogens with one attached hydrogen (secondary N) is 1. The van der Waals surface area contributed by atoms with Gasteiger partial charge >= 0.3 is 6.01 Å². The molecule has 1 aromatic rings. The van der Waals surface area contributed by atoms with Crippen LogP contribution in [0.3, 0.4) is 0 Å². The Hall–Kier alpha value is -1.67. The fourth-order valence-corrected chi connectivity index (χ4v) is 1.68. The SMILES string of the molecule is COc1nc(NN)nc(N(CCN(C)C)CC(C)C)n1. The minimum absolute atomic E-state index is 0.251. The molecular weight excluding hydrogens is 258 g/mol. The Bertz CT molecular complexity index is 389. The summed E-state index contributed by atoms with van der Waals surface area (Å²) in [5.74, 6) is 6.74. The molecule has 1 aromatic heterocycles. The number of hydrogen-bond acceptors (Lipinski definition) is 8. The molecule has 0 atom stereocenters. The molecule has 8 heteroatoms. The van der Waals surface area contributed by atoms with Crippen LogP contribution in [0.15, 0.2) is 0 Å². The van der Waals surface area contributed by atoms with Gasteiger partial charge in [-0.15, -0.1) is 0 Å². The van der Waals surface area contributed by atoms with Gasteiger partial charge in [0.25, 0.3) is 0 Å². The lowest BCUT2D eigenvalue weighted by Gasteiger charge is -2.26. The molecule has 0 unspecified atom stereocenters. The van der Waals surface area contributed by atoms with E-state index in [1.54, 1.807) is 0 Å². The van der Waals surface area contributed by atoms with Crippen LogP contribution in [0.25, 0.3) is 0 Å². The molecule has 1 rings (SSSR count). The molecule has 0 aliphatic carbocycles. The minimum atomic E-state index is 0.251. The average molecular weight is 283 g/mol. The van der Waals surface area contributed by atoms with Crippen molar-refractivity contribution in [2.75, 3.05) is 51.2 Å². The number of aromatic nitrogens is 3. The van der Waals surface area contributed by atoms with Crippen molar-refractivity contribution in [1.82, 2.24) is 19.9 Å². The Morgan fingerprint density at radius 3 is 2.40 bits per heavy atom. The number of likely N-dealkylation sites (N-methyl/N-ethyl adjacent to an activating group) is 1. The number of hydrazine groups is 1. The van der Waals surface area contributed by atoms with Gasteiger partial charge in [-0.3, -0.25) is 5.43 Å². The van der Waals surface area contributed by atoms with Crippen molar-refractivity contribution in [3.05, 3.63) is 0 Å². The van der Waals surface area contributed by atoms with Gasteiger partial charge in [-0.05, 0) is 20.0 Å². The Balaban J connectivity index is 2.98. The quantitative estimate of drug-likeness (QED) is 0.516. The van der Waals surface area contributed by atoms with Crippen molar-refractivity contribution in [3.8, 4) is 6.01 Å². The van der Waals surface area contributed by atoms with E-state index in [4.69, 9.17) is 10.6 Å². The lowest BCUT2D eigenvalue weighted by molar-refractivity contribution is 0.376. The summed E-state index contributed by atoms with van der Waals surface area (Å²) >= 11 is 0. The highest BCUT2D eigenvalue weighted by molar-refractivity contribution is 5.37. The molecule has 0 saturated heterocycles. The maximum absolute atomic E-state index is 5.38. The van der Waals surface area contributed by atoms with E-state index in [0.29, 0.717) is 17.8 Å². The second kappa shape index (κ2) is 7.81. The van der Waals surface area contributed by atoms with Crippen LogP contribution in [-0.2, 0) is 0 Å². The molecule has 0 fully saturated rings. The van der Waals surface area contributed by atoms with Crippen LogP contribution in [0.1, 0.15) is 13.8 Å². The minimum Gasteiger partial charge on any atom is -0.467 e. The van der Waals surface area contributed by atoms with Gasteiger partial charge in [-0.1, -0.05) is 13.8 Å². The number of methoxy groups -OCH3 is 1. The van der Waals surface area contributed by atoms with Crippen LogP contribution in [0.4, 0.5) is 11.9 Å². The molecule has 0 spiro atoms. The van der Waals surface area contributed by atoms with Crippen LogP contribution in [-0.4, -0.2) is 60.7 Å². The topological polar surface area (TPSA) is 92.4 Å². The zero-order chi connectivity index (χ0) is 15.1. The van der Waals surface area contributed by atoms with Crippen molar-refractivity contribution in [3.63, 3.8) is 0 Å². The Kier molecular flexibility index (Phi) is 6.40. The molecule has 0 saturated carbocycles. The molecule has 0 aliphatic rings. The fourth-order valence-electron chi connectivity index (χ4n) is 1.68.